The minimum Gasteiger partial charge on any atom is -0.384 e. The lowest BCUT2D eigenvalue weighted by atomic mass is 10.1. The number of nitrogens with one attached hydrogen (secondary N) is 1. The fourth-order valence-electron chi connectivity index (χ4n) is 3.20. The van der Waals surface area contributed by atoms with Gasteiger partial charge < -0.3 is 15.4 Å². The number of aromatic amines is 1. The highest BCUT2D eigenvalue weighted by molar-refractivity contribution is 5.79. The van der Waals surface area contributed by atoms with E-state index in [1.165, 1.54) is 0 Å². The van der Waals surface area contributed by atoms with E-state index in [1.54, 1.807) is 6.20 Å². The molecule has 25 heavy (non-hydrogen) atoms. The van der Waals surface area contributed by atoms with Gasteiger partial charge in [-0.3, -0.25) is 9.89 Å². The monoisotopic (exact) mass is 343 g/mol. The normalized spacial score (nSPS) is 17.7. The fraction of sp³-hybridized carbons (Fsp3) is 0.500. The number of carbonyl (C=O) groups excluding carboxylic acids is 1. The van der Waals surface area contributed by atoms with Crippen molar-refractivity contribution < 1.29 is 9.53 Å². The van der Waals surface area contributed by atoms with Crippen LogP contribution in [0.2, 0.25) is 0 Å². The van der Waals surface area contributed by atoms with Crippen molar-refractivity contribution in [2.45, 2.75) is 39.2 Å². The molecule has 0 aromatic carbocycles. The molecule has 1 atom stereocenters. The first kappa shape index (κ1) is 17.4. The van der Waals surface area contributed by atoms with Gasteiger partial charge in [0.2, 0.25) is 5.91 Å². The van der Waals surface area contributed by atoms with E-state index >= 15 is 0 Å². The Hall–Kier alpha value is -2.41. The molecule has 1 amide bonds. The predicted octanol–water partition coefficient (Wildman–Crippen LogP) is 1.41. The highest BCUT2D eigenvalue weighted by Crippen LogP contribution is 2.16. The van der Waals surface area contributed by atoms with Crippen molar-refractivity contribution in [3.05, 3.63) is 40.8 Å². The van der Waals surface area contributed by atoms with Gasteiger partial charge in [0.1, 0.15) is 5.82 Å². The van der Waals surface area contributed by atoms with Gasteiger partial charge in [-0.05, 0) is 44.4 Å². The summed E-state index contributed by atoms with van der Waals surface area (Å²) in [7, 11) is 0. The minimum absolute atomic E-state index is 0.0543. The molecule has 0 bridgehead atoms. The molecule has 0 aliphatic carbocycles. The van der Waals surface area contributed by atoms with E-state index in [0.717, 1.165) is 35.4 Å². The van der Waals surface area contributed by atoms with Gasteiger partial charge in [0.15, 0.2) is 0 Å². The first-order valence-corrected chi connectivity index (χ1v) is 8.63. The Balaban J connectivity index is 1.54. The second kappa shape index (κ2) is 7.65. The van der Waals surface area contributed by atoms with Gasteiger partial charge in [0, 0.05) is 30.5 Å². The maximum absolute atomic E-state index is 12.6. The van der Waals surface area contributed by atoms with Crippen LogP contribution in [-0.2, 0) is 22.4 Å². The van der Waals surface area contributed by atoms with Crippen molar-refractivity contribution in [3.8, 4) is 0 Å². The number of pyridine rings is 1. The summed E-state index contributed by atoms with van der Waals surface area (Å²) in [5.74, 6) is 0.666. The van der Waals surface area contributed by atoms with Crippen LogP contribution in [-0.4, -0.2) is 51.8 Å². The molecule has 0 spiro atoms. The Morgan fingerprint density at radius 3 is 3.04 bits per heavy atom. The zero-order valence-electron chi connectivity index (χ0n) is 14.8. The second-order valence-corrected chi connectivity index (χ2v) is 6.55. The maximum Gasteiger partial charge on any atom is 0.227 e. The van der Waals surface area contributed by atoms with E-state index in [-0.39, 0.29) is 12.0 Å². The smallest absolute Gasteiger partial charge is 0.227 e. The first-order valence-electron chi connectivity index (χ1n) is 8.63. The Morgan fingerprint density at radius 2 is 2.32 bits per heavy atom. The average molecular weight is 343 g/mol. The molecule has 7 heteroatoms. The predicted molar refractivity (Wildman–Crippen MR) is 95.1 cm³/mol. The summed E-state index contributed by atoms with van der Waals surface area (Å²) >= 11 is 0. The number of hydrogen-bond donors (Lipinski definition) is 2. The molecule has 2 aromatic rings. The topological polar surface area (TPSA) is 97.1 Å². The van der Waals surface area contributed by atoms with Gasteiger partial charge >= 0.3 is 0 Å². The van der Waals surface area contributed by atoms with Crippen molar-refractivity contribution in [3.63, 3.8) is 0 Å². The summed E-state index contributed by atoms with van der Waals surface area (Å²) in [6, 6.07) is 3.85. The van der Waals surface area contributed by atoms with E-state index < -0.39 is 0 Å². The lowest BCUT2D eigenvalue weighted by molar-refractivity contribution is -0.138. The Kier molecular flexibility index (Phi) is 5.33. The highest BCUT2D eigenvalue weighted by atomic mass is 16.5. The van der Waals surface area contributed by atoms with Crippen molar-refractivity contribution in [1.29, 1.82) is 0 Å². The van der Waals surface area contributed by atoms with Crippen LogP contribution in [0.3, 0.4) is 0 Å². The molecule has 3 N–H and O–H groups in total. The van der Waals surface area contributed by atoms with Crippen LogP contribution < -0.4 is 5.73 Å². The number of rotatable bonds is 5. The number of aryl methyl sites for hydroxylation is 3. The number of aromatic nitrogens is 3. The highest BCUT2D eigenvalue weighted by Gasteiger charge is 2.25. The molecule has 134 valence electrons. The lowest BCUT2D eigenvalue weighted by Crippen LogP contribution is -2.46. The molecule has 2 aromatic heterocycles. The number of morpholine rings is 1. The number of carbonyl (C=O) groups is 1. The van der Waals surface area contributed by atoms with Gasteiger partial charge in [0.05, 0.1) is 24.8 Å². The third-order valence-electron chi connectivity index (χ3n) is 4.70. The number of nitrogens with zero attached hydrogens (tertiary/aromatic N) is 3. The Morgan fingerprint density at radius 1 is 1.48 bits per heavy atom. The third kappa shape index (κ3) is 4.36. The minimum atomic E-state index is 0.0543. The zero-order chi connectivity index (χ0) is 17.8. The summed E-state index contributed by atoms with van der Waals surface area (Å²) in [6.45, 7) is 5.74. The first-order chi connectivity index (χ1) is 12.0. The standard InChI is InChI=1S/C18H25N5O2/c1-12-16(13(2)22-21-12)10-18(24)23-7-8-25-15(11-23)4-3-14-5-6-20-17(19)9-14/h5-6,9,15H,3-4,7-8,10-11H2,1-2H3,(H2,19,20)(H,21,22)/t15-/m1/s1. The molecule has 3 rings (SSSR count). The van der Waals surface area contributed by atoms with Crippen LogP contribution in [0.4, 0.5) is 5.82 Å². The van der Waals surface area contributed by atoms with Crippen molar-refractivity contribution in [2.24, 2.45) is 0 Å². The Labute approximate surface area is 147 Å². The van der Waals surface area contributed by atoms with Crippen molar-refractivity contribution in [1.82, 2.24) is 20.1 Å². The molecule has 1 aliphatic rings. The van der Waals surface area contributed by atoms with E-state index in [2.05, 4.69) is 15.2 Å². The summed E-state index contributed by atoms with van der Waals surface area (Å²) in [5.41, 5.74) is 9.72. The summed E-state index contributed by atoms with van der Waals surface area (Å²) in [5, 5.41) is 7.10. The number of nitrogens with two attached hydrogens (primary N) is 1. The van der Waals surface area contributed by atoms with Crippen LogP contribution >= 0.6 is 0 Å². The Bertz CT molecular complexity index is 723. The van der Waals surface area contributed by atoms with Crippen molar-refractivity contribution >= 4 is 11.7 Å². The number of hydrogen-bond acceptors (Lipinski definition) is 5. The molecule has 7 nitrogen and oxygen atoms in total. The van der Waals surface area contributed by atoms with Crippen molar-refractivity contribution in [2.75, 3.05) is 25.4 Å². The van der Waals surface area contributed by atoms with Crippen LogP contribution in [0.25, 0.3) is 0 Å². The maximum atomic E-state index is 12.6. The van der Waals surface area contributed by atoms with E-state index in [1.807, 2.05) is 30.9 Å². The molecular weight excluding hydrogens is 318 g/mol. The molecule has 0 radical (unpaired) electrons. The quantitative estimate of drug-likeness (QED) is 0.855. The fourth-order valence-corrected chi connectivity index (χ4v) is 3.20. The molecule has 0 saturated carbocycles. The molecular formula is C18H25N5O2. The number of anilines is 1. The molecule has 1 aliphatic heterocycles. The van der Waals surface area contributed by atoms with Crippen LogP contribution in [0, 0.1) is 13.8 Å². The molecule has 1 fully saturated rings. The second-order valence-electron chi connectivity index (χ2n) is 6.55. The van der Waals surface area contributed by atoms with E-state index in [9.17, 15) is 4.79 Å². The van der Waals surface area contributed by atoms with Crippen LogP contribution in [0.5, 0.6) is 0 Å². The SMILES string of the molecule is Cc1n[nH]c(C)c1CC(=O)N1CCO[C@H](CCc2ccnc(N)c2)C1. The van der Waals surface area contributed by atoms with Gasteiger partial charge in [-0.2, -0.15) is 5.10 Å². The molecule has 1 saturated heterocycles. The zero-order valence-corrected chi connectivity index (χ0v) is 14.8. The largest absolute Gasteiger partial charge is 0.384 e. The lowest BCUT2D eigenvalue weighted by Gasteiger charge is -2.33. The van der Waals surface area contributed by atoms with Gasteiger partial charge in [-0.25, -0.2) is 4.98 Å². The molecule has 0 unspecified atom stereocenters. The van der Waals surface area contributed by atoms with E-state index in [0.29, 0.717) is 31.9 Å². The average Bonchev–Trinajstić information content (AvgIpc) is 2.92. The summed E-state index contributed by atoms with van der Waals surface area (Å²) < 4.78 is 5.83. The number of amides is 1. The number of nitrogen functional groups attached to an aromatic ring is 1. The number of H-pyrrole nitrogens is 1. The summed E-state index contributed by atoms with van der Waals surface area (Å²) in [6.07, 6.45) is 3.88. The summed E-state index contributed by atoms with van der Waals surface area (Å²) in [4.78, 5) is 18.5. The molecule has 3 heterocycles. The van der Waals surface area contributed by atoms with Gasteiger partial charge in [-0.15, -0.1) is 0 Å². The number of ether oxygens (including phenoxy) is 1. The van der Waals surface area contributed by atoms with Gasteiger partial charge in [-0.1, -0.05) is 0 Å². The van der Waals surface area contributed by atoms with E-state index in [4.69, 9.17) is 10.5 Å². The third-order valence-corrected chi connectivity index (χ3v) is 4.70. The van der Waals surface area contributed by atoms with Gasteiger partial charge in [0.25, 0.3) is 0 Å². The van der Waals surface area contributed by atoms with Crippen LogP contribution in [0.1, 0.15) is 28.9 Å². The van der Waals surface area contributed by atoms with Crippen LogP contribution in [0.15, 0.2) is 18.3 Å².